The fourth-order valence-corrected chi connectivity index (χ4v) is 3.20. The average Bonchev–Trinajstić information content (AvgIpc) is 2.60. The molecule has 4 heteroatoms. The molecule has 2 aromatic rings. The van der Waals surface area contributed by atoms with Gasteiger partial charge in [-0.15, -0.1) is 12.4 Å². The van der Waals surface area contributed by atoms with Gasteiger partial charge in [0.25, 0.3) is 0 Å². The Balaban J connectivity index is 0.00000192. The van der Waals surface area contributed by atoms with Crippen molar-refractivity contribution in [1.82, 2.24) is 0 Å². The highest BCUT2D eigenvalue weighted by Crippen LogP contribution is 2.42. The second-order valence-corrected chi connectivity index (χ2v) is 5.44. The zero-order valence-electron chi connectivity index (χ0n) is 13.4. The highest BCUT2D eigenvalue weighted by Gasteiger charge is 2.25. The quantitative estimate of drug-likeness (QED) is 0.926. The highest BCUT2D eigenvalue weighted by atomic mass is 35.5. The molecule has 0 amide bonds. The van der Waals surface area contributed by atoms with Crippen LogP contribution in [0.5, 0.6) is 11.5 Å². The van der Waals surface area contributed by atoms with Crippen molar-refractivity contribution in [1.29, 1.82) is 0 Å². The number of ether oxygens (including phenoxy) is 2. The monoisotopic (exact) mass is 331 g/mol. The Bertz CT molecular complexity index is 698. The maximum Gasteiger partial charge on any atom is 0.164 e. The van der Waals surface area contributed by atoms with Gasteiger partial charge >= 0.3 is 0 Å². The van der Waals surface area contributed by atoms with E-state index < -0.39 is 0 Å². The molecule has 3 nitrogen and oxygen atoms in total. The van der Waals surface area contributed by atoms with E-state index in [0.717, 1.165) is 23.5 Å². The van der Waals surface area contributed by atoms with Crippen LogP contribution in [-0.4, -0.2) is 20.8 Å². The van der Waals surface area contributed by atoms with Crippen LogP contribution in [0.3, 0.4) is 0 Å². The molecule has 1 unspecified atom stereocenters. The Morgan fingerprint density at radius 3 is 2.39 bits per heavy atom. The standard InChI is InChI=1S/C19H21NO2.ClH/c1-21-18-9-8-16-15(12-20)10-14(11-17(16)19(18)22-2)13-6-4-3-5-7-13;/h3-10,14H,11-12,20H2,1-2H3;1H. The van der Waals surface area contributed by atoms with Crippen LogP contribution in [-0.2, 0) is 6.42 Å². The Labute approximate surface area is 143 Å². The van der Waals surface area contributed by atoms with Crippen molar-refractivity contribution in [2.45, 2.75) is 12.3 Å². The first-order valence-electron chi connectivity index (χ1n) is 7.48. The summed E-state index contributed by atoms with van der Waals surface area (Å²) in [5.41, 5.74) is 10.8. The van der Waals surface area contributed by atoms with Gasteiger partial charge in [0.1, 0.15) is 0 Å². The largest absolute Gasteiger partial charge is 0.493 e. The molecule has 0 heterocycles. The van der Waals surface area contributed by atoms with Gasteiger partial charge in [-0.05, 0) is 29.2 Å². The van der Waals surface area contributed by atoms with E-state index in [2.05, 4.69) is 36.4 Å². The van der Waals surface area contributed by atoms with Gasteiger partial charge in [-0.25, -0.2) is 0 Å². The lowest BCUT2D eigenvalue weighted by atomic mass is 9.80. The summed E-state index contributed by atoms with van der Waals surface area (Å²) in [5, 5.41) is 0. The molecule has 0 aromatic heterocycles. The Morgan fingerprint density at radius 2 is 1.78 bits per heavy atom. The first-order valence-corrected chi connectivity index (χ1v) is 7.48. The minimum atomic E-state index is 0. The van der Waals surface area contributed by atoms with Crippen LogP contribution >= 0.6 is 12.4 Å². The minimum absolute atomic E-state index is 0. The molecule has 0 spiro atoms. The van der Waals surface area contributed by atoms with Crippen molar-refractivity contribution in [3.63, 3.8) is 0 Å². The average molecular weight is 332 g/mol. The number of nitrogens with two attached hydrogens (primary N) is 1. The molecule has 2 aromatic carbocycles. The van der Waals surface area contributed by atoms with Crippen LogP contribution in [0.1, 0.15) is 22.6 Å². The summed E-state index contributed by atoms with van der Waals surface area (Å²) in [6.45, 7) is 0.520. The maximum absolute atomic E-state index is 5.98. The lowest BCUT2D eigenvalue weighted by Gasteiger charge is -2.26. The van der Waals surface area contributed by atoms with E-state index in [9.17, 15) is 0 Å². The molecule has 3 rings (SSSR count). The maximum atomic E-state index is 5.98. The molecular weight excluding hydrogens is 310 g/mol. The normalized spacial score (nSPS) is 16.0. The number of allylic oxidation sites excluding steroid dienone is 1. The van der Waals surface area contributed by atoms with Gasteiger partial charge in [-0.1, -0.05) is 42.5 Å². The third-order valence-corrected chi connectivity index (χ3v) is 4.27. The third kappa shape index (κ3) is 3.21. The predicted molar refractivity (Wildman–Crippen MR) is 96.7 cm³/mol. The zero-order chi connectivity index (χ0) is 15.5. The molecule has 0 saturated carbocycles. The number of fused-ring (bicyclic) bond motifs is 1. The number of hydrogen-bond acceptors (Lipinski definition) is 3. The summed E-state index contributed by atoms with van der Waals surface area (Å²) in [5.74, 6) is 1.90. The van der Waals surface area contributed by atoms with Crippen LogP contribution in [0.15, 0.2) is 48.5 Å². The molecule has 23 heavy (non-hydrogen) atoms. The van der Waals surface area contributed by atoms with Gasteiger partial charge in [0, 0.05) is 18.0 Å². The molecule has 1 aliphatic rings. The second-order valence-electron chi connectivity index (χ2n) is 5.44. The summed E-state index contributed by atoms with van der Waals surface area (Å²) in [6, 6.07) is 14.5. The van der Waals surface area contributed by atoms with Crippen LogP contribution in [0.2, 0.25) is 0 Å². The van der Waals surface area contributed by atoms with Gasteiger partial charge in [0.15, 0.2) is 11.5 Å². The fourth-order valence-electron chi connectivity index (χ4n) is 3.20. The van der Waals surface area contributed by atoms with Crippen LogP contribution in [0.25, 0.3) is 5.57 Å². The highest BCUT2D eigenvalue weighted by molar-refractivity contribution is 5.85. The van der Waals surface area contributed by atoms with Crippen molar-refractivity contribution in [3.8, 4) is 11.5 Å². The number of rotatable bonds is 4. The number of benzene rings is 2. The van der Waals surface area contributed by atoms with Crippen molar-refractivity contribution in [2.75, 3.05) is 20.8 Å². The topological polar surface area (TPSA) is 44.5 Å². The summed E-state index contributed by atoms with van der Waals surface area (Å²) < 4.78 is 11.1. The SMILES string of the molecule is COc1ccc2c(c1OC)CC(c1ccccc1)C=C2CN.Cl. The van der Waals surface area contributed by atoms with E-state index in [1.807, 2.05) is 12.1 Å². The molecule has 0 aliphatic heterocycles. The van der Waals surface area contributed by atoms with Gasteiger partial charge < -0.3 is 15.2 Å². The number of hydrogen-bond donors (Lipinski definition) is 1. The van der Waals surface area contributed by atoms with Gasteiger partial charge in [0.05, 0.1) is 14.2 Å². The Kier molecular flexibility index (Phi) is 5.69. The van der Waals surface area contributed by atoms with Crippen molar-refractivity contribution in [3.05, 3.63) is 65.2 Å². The first-order chi connectivity index (χ1) is 10.8. The first kappa shape index (κ1) is 17.4. The third-order valence-electron chi connectivity index (χ3n) is 4.27. The lowest BCUT2D eigenvalue weighted by molar-refractivity contribution is 0.351. The van der Waals surface area contributed by atoms with E-state index in [-0.39, 0.29) is 12.4 Å². The molecule has 0 radical (unpaired) electrons. The van der Waals surface area contributed by atoms with E-state index in [4.69, 9.17) is 15.2 Å². The summed E-state index contributed by atoms with van der Waals surface area (Å²) in [7, 11) is 3.36. The second kappa shape index (κ2) is 7.53. The minimum Gasteiger partial charge on any atom is -0.493 e. The molecule has 0 saturated heterocycles. The summed E-state index contributed by atoms with van der Waals surface area (Å²) >= 11 is 0. The van der Waals surface area contributed by atoms with E-state index in [1.54, 1.807) is 14.2 Å². The summed E-state index contributed by atoms with van der Waals surface area (Å²) in [4.78, 5) is 0. The molecule has 0 bridgehead atoms. The number of methoxy groups -OCH3 is 2. The molecule has 1 aliphatic carbocycles. The molecule has 2 N–H and O–H groups in total. The predicted octanol–water partition coefficient (Wildman–Crippen LogP) is 3.81. The van der Waals surface area contributed by atoms with Gasteiger partial charge in [-0.2, -0.15) is 0 Å². The molecular formula is C19H22ClNO2. The van der Waals surface area contributed by atoms with E-state index >= 15 is 0 Å². The number of halogens is 1. The lowest BCUT2D eigenvalue weighted by Crippen LogP contribution is -2.15. The zero-order valence-corrected chi connectivity index (χ0v) is 14.2. The Hall–Kier alpha value is -1.97. The van der Waals surface area contributed by atoms with Gasteiger partial charge in [0.2, 0.25) is 0 Å². The van der Waals surface area contributed by atoms with Crippen LogP contribution < -0.4 is 15.2 Å². The smallest absolute Gasteiger partial charge is 0.164 e. The Morgan fingerprint density at radius 1 is 1.04 bits per heavy atom. The van der Waals surface area contributed by atoms with E-state index in [1.165, 1.54) is 16.7 Å². The fraction of sp³-hybridized carbons (Fsp3) is 0.263. The molecule has 122 valence electrons. The van der Waals surface area contributed by atoms with E-state index in [0.29, 0.717) is 12.5 Å². The van der Waals surface area contributed by atoms with Crippen molar-refractivity contribution < 1.29 is 9.47 Å². The van der Waals surface area contributed by atoms with Crippen molar-refractivity contribution in [2.24, 2.45) is 5.73 Å². The molecule has 0 fully saturated rings. The van der Waals surface area contributed by atoms with Crippen LogP contribution in [0.4, 0.5) is 0 Å². The molecule has 1 atom stereocenters. The van der Waals surface area contributed by atoms with Crippen LogP contribution in [0, 0.1) is 0 Å². The van der Waals surface area contributed by atoms with Crippen molar-refractivity contribution >= 4 is 18.0 Å². The van der Waals surface area contributed by atoms with Gasteiger partial charge in [-0.3, -0.25) is 0 Å². The summed E-state index contributed by atoms with van der Waals surface area (Å²) in [6.07, 6.45) is 3.17.